The highest BCUT2D eigenvalue weighted by Gasteiger charge is 2.65. The maximum Gasteiger partial charge on any atom is 0.316 e. The maximum atomic E-state index is 12.0. The Morgan fingerprint density at radius 2 is 1.88 bits per heavy atom. The van der Waals surface area contributed by atoms with E-state index in [-0.39, 0.29) is 37.6 Å². The maximum absolute atomic E-state index is 12.0. The van der Waals surface area contributed by atoms with Crippen LogP contribution in [0.4, 0.5) is 0 Å². The monoisotopic (exact) mass is 394 g/mol. The normalized spacial score (nSPS) is 34.1. The van der Waals surface area contributed by atoms with E-state index in [0.717, 1.165) is 18.2 Å². The lowest BCUT2D eigenvalue weighted by Gasteiger charge is -2.25. The van der Waals surface area contributed by atoms with E-state index in [0.29, 0.717) is 12.8 Å². The Balaban J connectivity index is 0.00000156. The molecule has 3 fully saturated rings. The smallest absolute Gasteiger partial charge is 0.316 e. The summed E-state index contributed by atoms with van der Waals surface area (Å²) < 4.78 is 34.3. The lowest BCUT2D eigenvalue weighted by atomic mass is 9.92. The highest BCUT2D eigenvalue weighted by molar-refractivity contribution is 8.14. The zero-order valence-corrected chi connectivity index (χ0v) is 15.1. The molecule has 5 unspecified atom stereocenters. The topological polar surface area (TPSA) is 86.7 Å². The van der Waals surface area contributed by atoms with Gasteiger partial charge < -0.3 is 4.74 Å². The second-order valence-electron chi connectivity index (χ2n) is 7.26. The Hall–Kier alpha value is -0.600. The fourth-order valence-corrected chi connectivity index (χ4v) is 6.43. The van der Waals surface area contributed by atoms with Gasteiger partial charge in [-0.05, 0) is 19.3 Å². The highest BCUT2D eigenvalue weighted by Crippen LogP contribution is 2.55. The highest BCUT2D eigenvalue weighted by atomic mass is 32.2. The Bertz CT molecular complexity index is 627. The van der Waals surface area contributed by atoms with E-state index in [1.165, 1.54) is 0 Å². The molecule has 1 saturated heterocycles. The molecular weight excluding hydrogens is 364 g/mol. The number of rotatable bonds is 5. The van der Waals surface area contributed by atoms with Crippen molar-refractivity contribution < 1.29 is 26.9 Å². The summed E-state index contributed by atoms with van der Waals surface area (Å²) >= 11 is 0.966. The van der Waals surface area contributed by atoms with Crippen LogP contribution >= 0.6 is 11.8 Å². The van der Waals surface area contributed by atoms with Gasteiger partial charge in [0, 0.05) is 17.3 Å². The fourth-order valence-electron chi connectivity index (χ4n) is 3.69. The number of fused-ring (bicyclic) bond motifs is 1. The van der Waals surface area contributed by atoms with E-state index in [4.69, 9.17) is 8.92 Å². The molecule has 0 N–H and O–H groups in total. The standard InChI is InChI=1S/C15H22O6S2.2CH4/c1-4-15(2,3)14(17)22-7-11(16)20-12-8-5-9-10(6-8)23(18,19)21-13(9)12;;/h8-10,12-13H,4-7H2,1-3H3;2*1H4. The van der Waals surface area contributed by atoms with E-state index in [2.05, 4.69) is 0 Å². The van der Waals surface area contributed by atoms with Gasteiger partial charge in [-0.2, -0.15) is 8.42 Å². The van der Waals surface area contributed by atoms with Crippen LogP contribution in [0.3, 0.4) is 0 Å². The predicted octanol–water partition coefficient (Wildman–Crippen LogP) is 3.00. The number of hydrogen-bond donors (Lipinski definition) is 0. The van der Waals surface area contributed by atoms with Gasteiger partial charge in [0.05, 0.1) is 11.0 Å². The third-order valence-electron chi connectivity index (χ3n) is 5.44. The van der Waals surface area contributed by atoms with Crippen molar-refractivity contribution in [3.8, 4) is 0 Å². The molecule has 2 aliphatic carbocycles. The first-order chi connectivity index (χ1) is 10.7. The molecule has 0 aromatic rings. The molecule has 8 heteroatoms. The largest absolute Gasteiger partial charge is 0.459 e. The molecule has 25 heavy (non-hydrogen) atoms. The molecule has 6 nitrogen and oxygen atoms in total. The van der Waals surface area contributed by atoms with E-state index in [9.17, 15) is 18.0 Å². The second-order valence-corrected chi connectivity index (χ2v) is 9.99. The summed E-state index contributed by atoms with van der Waals surface area (Å²) in [7, 11) is -3.50. The summed E-state index contributed by atoms with van der Waals surface area (Å²) in [6, 6.07) is 0. The third kappa shape index (κ3) is 3.90. The zero-order chi connectivity index (χ0) is 17.0. The van der Waals surface area contributed by atoms with E-state index in [1.54, 1.807) is 0 Å². The Morgan fingerprint density at radius 1 is 1.24 bits per heavy atom. The minimum Gasteiger partial charge on any atom is -0.459 e. The second kappa shape index (κ2) is 7.56. The molecule has 3 aliphatic rings. The van der Waals surface area contributed by atoms with Crippen LogP contribution in [0.5, 0.6) is 0 Å². The van der Waals surface area contributed by atoms with Crippen LogP contribution in [0.2, 0.25) is 0 Å². The van der Waals surface area contributed by atoms with Crippen LogP contribution in [-0.2, 0) is 28.6 Å². The number of thioether (sulfide) groups is 1. The van der Waals surface area contributed by atoms with Crippen molar-refractivity contribution in [2.24, 2.45) is 17.3 Å². The van der Waals surface area contributed by atoms with Gasteiger partial charge >= 0.3 is 5.97 Å². The van der Waals surface area contributed by atoms with Crippen molar-refractivity contribution in [1.29, 1.82) is 0 Å². The lowest BCUT2D eigenvalue weighted by Crippen LogP contribution is -2.37. The number of ether oxygens (including phenoxy) is 1. The van der Waals surface area contributed by atoms with E-state index < -0.39 is 39.0 Å². The molecule has 3 rings (SSSR count). The zero-order valence-electron chi connectivity index (χ0n) is 13.5. The molecule has 1 heterocycles. The van der Waals surface area contributed by atoms with Gasteiger partial charge in [0.1, 0.15) is 12.2 Å². The average molecular weight is 395 g/mol. The Labute approximate surface area is 155 Å². The molecule has 1 aliphatic heterocycles. The van der Waals surface area contributed by atoms with Gasteiger partial charge in [-0.25, -0.2) is 0 Å². The molecule has 146 valence electrons. The Kier molecular flexibility index (Phi) is 6.79. The number of carbonyl (C=O) groups is 2. The van der Waals surface area contributed by atoms with E-state index in [1.807, 2.05) is 20.8 Å². The summed E-state index contributed by atoms with van der Waals surface area (Å²) in [4.78, 5) is 24.1. The van der Waals surface area contributed by atoms with Crippen molar-refractivity contribution in [2.75, 3.05) is 5.75 Å². The molecule has 5 atom stereocenters. The molecule has 2 bridgehead atoms. The quantitative estimate of drug-likeness (QED) is 0.523. The van der Waals surface area contributed by atoms with Crippen LogP contribution in [-0.4, -0.2) is 42.7 Å². The molecule has 2 saturated carbocycles. The SMILES string of the molecule is C.C.CCC(C)(C)C(=O)SCC(=O)OC1C2CC3C1OS(=O)(=O)C3C2. The first-order valence-electron chi connectivity index (χ1n) is 7.94. The lowest BCUT2D eigenvalue weighted by molar-refractivity contribution is -0.152. The van der Waals surface area contributed by atoms with E-state index >= 15 is 0 Å². The first kappa shape index (κ1) is 22.4. The van der Waals surface area contributed by atoms with Crippen LogP contribution in [0.15, 0.2) is 0 Å². The summed E-state index contributed by atoms with van der Waals surface area (Å²) in [5, 5.41) is -0.460. The Morgan fingerprint density at radius 3 is 2.48 bits per heavy atom. The van der Waals surface area contributed by atoms with Gasteiger partial charge in [-0.3, -0.25) is 13.8 Å². The summed E-state index contributed by atoms with van der Waals surface area (Å²) in [5.74, 6) is -0.503. The van der Waals surface area contributed by atoms with Crippen molar-refractivity contribution in [3.63, 3.8) is 0 Å². The summed E-state index contributed by atoms with van der Waals surface area (Å²) in [6.07, 6.45) is 0.934. The third-order valence-corrected chi connectivity index (χ3v) is 8.41. The predicted molar refractivity (Wildman–Crippen MR) is 98.7 cm³/mol. The average Bonchev–Trinajstić information content (AvgIpc) is 3.08. The molecule has 0 radical (unpaired) electrons. The van der Waals surface area contributed by atoms with Gasteiger partial charge in [0.25, 0.3) is 10.1 Å². The minimum atomic E-state index is -3.50. The molecule has 0 spiro atoms. The van der Waals surface area contributed by atoms with Crippen LogP contribution in [0.1, 0.15) is 54.9 Å². The summed E-state index contributed by atoms with van der Waals surface area (Å²) in [5.41, 5.74) is -0.465. The molecule has 0 aromatic carbocycles. The molecule has 0 aromatic heterocycles. The van der Waals surface area contributed by atoms with Gasteiger partial charge in [0.2, 0.25) is 0 Å². The minimum absolute atomic E-state index is 0. The summed E-state index contributed by atoms with van der Waals surface area (Å²) in [6.45, 7) is 5.63. The first-order valence-corrected chi connectivity index (χ1v) is 10.4. The fraction of sp³-hybridized carbons (Fsp3) is 0.882. The van der Waals surface area contributed by atoms with Crippen molar-refractivity contribution in [3.05, 3.63) is 0 Å². The van der Waals surface area contributed by atoms with Crippen molar-refractivity contribution in [2.45, 2.75) is 72.3 Å². The van der Waals surface area contributed by atoms with Gasteiger partial charge in [0.15, 0.2) is 5.12 Å². The van der Waals surface area contributed by atoms with Gasteiger partial charge in [-0.1, -0.05) is 47.4 Å². The number of hydrogen-bond acceptors (Lipinski definition) is 7. The van der Waals surface area contributed by atoms with Crippen LogP contribution < -0.4 is 0 Å². The molecular formula is C17H30O6S2. The van der Waals surface area contributed by atoms with Crippen LogP contribution in [0.25, 0.3) is 0 Å². The number of esters is 1. The molecule has 0 amide bonds. The van der Waals surface area contributed by atoms with Crippen molar-refractivity contribution in [1.82, 2.24) is 0 Å². The van der Waals surface area contributed by atoms with Gasteiger partial charge in [-0.15, -0.1) is 0 Å². The van der Waals surface area contributed by atoms with Crippen LogP contribution in [0, 0.1) is 17.3 Å². The van der Waals surface area contributed by atoms with Crippen molar-refractivity contribution >= 4 is 33.0 Å². The number of carbonyl (C=O) groups excluding carboxylic acids is 2.